The van der Waals surface area contributed by atoms with Gasteiger partial charge in [0.25, 0.3) is 0 Å². The van der Waals surface area contributed by atoms with Crippen LogP contribution in [0.1, 0.15) is 17.2 Å². The molecule has 1 atom stereocenters. The summed E-state index contributed by atoms with van der Waals surface area (Å²) in [6, 6.07) is 7.56. The third kappa shape index (κ3) is 4.30. The zero-order chi connectivity index (χ0) is 15.4. The van der Waals surface area contributed by atoms with Gasteiger partial charge >= 0.3 is 0 Å². The van der Waals surface area contributed by atoms with Gasteiger partial charge < -0.3 is 10.4 Å². The van der Waals surface area contributed by atoms with Crippen molar-refractivity contribution in [2.75, 3.05) is 6.54 Å². The number of aliphatic hydroxyl groups excluding tert-OH is 1. The highest BCUT2D eigenvalue weighted by molar-refractivity contribution is 9.10. The fourth-order valence-electron chi connectivity index (χ4n) is 1.86. The van der Waals surface area contributed by atoms with E-state index in [1.807, 2.05) is 0 Å². The van der Waals surface area contributed by atoms with Crippen LogP contribution in [-0.2, 0) is 6.54 Å². The Labute approximate surface area is 128 Å². The lowest BCUT2D eigenvalue weighted by Gasteiger charge is -2.13. The van der Waals surface area contributed by atoms with Crippen LogP contribution in [0.5, 0.6) is 0 Å². The lowest BCUT2D eigenvalue weighted by atomic mass is 10.1. The molecule has 0 amide bonds. The fraction of sp³-hybridized carbons (Fsp3) is 0.200. The van der Waals surface area contributed by atoms with E-state index in [9.17, 15) is 18.3 Å². The van der Waals surface area contributed by atoms with E-state index < -0.39 is 17.7 Å². The molecule has 2 aromatic rings. The molecule has 0 aliphatic carbocycles. The van der Waals surface area contributed by atoms with Crippen LogP contribution in [-0.4, -0.2) is 11.7 Å². The molecule has 0 aliphatic heterocycles. The van der Waals surface area contributed by atoms with Crippen molar-refractivity contribution in [1.29, 1.82) is 0 Å². The molecule has 2 rings (SSSR count). The Morgan fingerprint density at radius 3 is 2.52 bits per heavy atom. The van der Waals surface area contributed by atoms with E-state index in [4.69, 9.17) is 0 Å². The molecule has 2 N–H and O–H groups in total. The molecule has 0 saturated heterocycles. The first-order chi connectivity index (χ1) is 9.97. The molecule has 0 aliphatic rings. The molecule has 21 heavy (non-hydrogen) atoms. The molecular weight excluding hydrogens is 347 g/mol. The van der Waals surface area contributed by atoms with Gasteiger partial charge in [0.15, 0.2) is 11.6 Å². The van der Waals surface area contributed by atoms with E-state index in [-0.39, 0.29) is 17.9 Å². The zero-order valence-electron chi connectivity index (χ0n) is 10.9. The van der Waals surface area contributed by atoms with Crippen molar-refractivity contribution in [2.45, 2.75) is 12.6 Å². The molecule has 0 heterocycles. The standard InChI is InChI=1S/C15H13BrF3NO/c16-12-3-2-11(17)5-10(12)7-20-8-15(21)9-1-4-13(18)14(19)6-9/h1-6,15,20-21H,7-8H2. The number of nitrogens with one attached hydrogen (secondary N) is 1. The average molecular weight is 360 g/mol. The van der Waals surface area contributed by atoms with Crippen LogP contribution in [0, 0.1) is 17.5 Å². The second kappa shape index (κ2) is 7.06. The first-order valence-electron chi connectivity index (χ1n) is 6.25. The molecule has 0 aromatic heterocycles. The van der Waals surface area contributed by atoms with Crippen molar-refractivity contribution in [3.05, 3.63) is 69.4 Å². The van der Waals surface area contributed by atoms with Crippen LogP contribution in [0.3, 0.4) is 0 Å². The van der Waals surface area contributed by atoms with Crippen molar-refractivity contribution in [3.8, 4) is 0 Å². The highest BCUT2D eigenvalue weighted by Gasteiger charge is 2.11. The highest BCUT2D eigenvalue weighted by atomic mass is 79.9. The molecule has 0 saturated carbocycles. The van der Waals surface area contributed by atoms with Crippen molar-refractivity contribution >= 4 is 15.9 Å². The zero-order valence-corrected chi connectivity index (χ0v) is 12.5. The molecule has 2 aromatic carbocycles. The number of aliphatic hydroxyl groups is 1. The Bertz CT molecular complexity index is 636. The molecule has 0 fully saturated rings. The second-order valence-corrected chi connectivity index (χ2v) is 5.41. The van der Waals surface area contributed by atoms with Crippen LogP contribution >= 0.6 is 15.9 Å². The quantitative estimate of drug-likeness (QED) is 0.853. The third-order valence-corrected chi connectivity index (χ3v) is 3.76. The van der Waals surface area contributed by atoms with Crippen molar-refractivity contribution in [1.82, 2.24) is 5.32 Å². The van der Waals surface area contributed by atoms with Crippen LogP contribution < -0.4 is 5.32 Å². The van der Waals surface area contributed by atoms with Gasteiger partial charge in [-0.2, -0.15) is 0 Å². The normalized spacial score (nSPS) is 12.4. The average Bonchev–Trinajstić information content (AvgIpc) is 2.45. The minimum Gasteiger partial charge on any atom is -0.387 e. The maximum Gasteiger partial charge on any atom is 0.159 e. The molecule has 2 nitrogen and oxygen atoms in total. The van der Waals surface area contributed by atoms with Gasteiger partial charge in [0.2, 0.25) is 0 Å². The molecule has 112 valence electrons. The first kappa shape index (κ1) is 16.0. The summed E-state index contributed by atoms with van der Waals surface area (Å²) in [5.41, 5.74) is 0.979. The molecule has 0 bridgehead atoms. The summed E-state index contributed by atoms with van der Waals surface area (Å²) in [5.74, 6) is -2.31. The minimum atomic E-state index is -1.00. The second-order valence-electron chi connectivity index (χ2n) is 4.56. The van der Waals surface area contributed by atoms with Gasteiger partial charge in [0.1, 0.15) is 5.82 Å². The predicted molar refractivity (Wildman–Crippen MR) is 77.1 cm³/mol. The van der Waals surface area contributed by atoms with Gasteiger partial charge in [-0.3, -0.25) is 0 Å². The van der Waals surface area contributed by atoms with Crippen LogP contribution in [0.25, 0.3) is 0 Å². The summed E-state index contributed by atoms with van der Waals surface area (Å²) in [6.45, 7) is 0.465. The van der Waals surface area contributed by atoms with Gasteiger partial charge in [0, 0.05) is 17.6 Å². The van der Waals surface area contributed by atoms with Crippen molar-refractivity contribution in [3.63, 3.8) is 0 Å². The van der Waals surface area contributed by atoms with E-state index in [0.717, 1.165) is 16.6 Å². The van der Waals surface area contributed by atoms with E-state index >= 15 is 0 Å². The molecule has 0 spiro atoms. The largest absolute Gasteiger partial charge is 0.387 e. The summed E-state index contributed by atoms with van der Waals surface area (Å²) in [7, 11) is 0. The topological polar surface area (TPSA) is 32.3 Å². The maximum absolute atomic E-state index is 13.1. The van der Waals surface area contributed by atoms with Gasteiger partial charge in [0.05, 0.1) is 6.10 Å². The van der Waals surface area contributed by atoms with Gasteiger partial charge in [-0.05, 0) is 41.5 Å². The third-order valence-electron chi connectivity index (χ3n) is 2.99. The van der Waals surface area contributed by atoms with Crippen LogP contribution in [0.2, 0.25) is 0 Å². The van der Waals surface area contributed by atoms with Gasteiger partial charge in [-0.15, -0.1) is 0 Å². The Hall–Kier alpha value is -1.37. The van der Waals surface area contributed by atoms with Crippen molar-refractivity contribution in [2.24, 2.45) is 0 Å². The number of hydrogen-bond acceptors (Lipinski definition) is 2. The molecule has 6 heteroatoms. The van der Waals surface area contributed by atoms with Crippen molar-refractivity contribution < 1.29 is 18.3 Å². The SMILES string of the molecule is OC(CNCc1cc(F)ccc1Br)c1ccc(F)c(F)c1. The Kier molecular flexibility index (Phi) is 5.39. The Balaban J connectivity index is 1.93. The number of benzene rings is 2. The monoisotopic (exact) mass is 359 g/mol. The predicted octanol–water partition coefficient (Wildman–Crippen LogP) is 3.69. The summed E-state index contributed by atoms with van der Waals surface area (Å²) >= 11 is 3.30. The molecular formula is C15H13BrF3NO. The summed E-state index contributed by atoms with van der Waals surface area (Å²) in [5, 5.41) is 12.8. The number of halogens is 4. The summed E-state index contributed by atoms with van der Waals surface area (Å²) in [4.78, 5) is 0. The van der Waals surface area contributed by atoms with E-state index in [2.05, 4.69) is 21.2 Å². The molecule has 0 radical (unpaired) electrons. The fourth-order valence-corrected chi connectivity index (χ4v) is 2.25. The summed E-state index contributed by atoms with van der Waals surface area (Å²) in [6.07, 6.45) is -0.979. The van der Waals surface area contributed by atoms with E-state index in [1.54, 1.807) is 6.07 Å². The maximum atomic E-state index is 13.1. The summed E-state index contributed by atoms with van der Waals surface area (Å²) < 4.78 is 39.7. The van der Waals surface area contributed by atoms with E-state index in [0.29, 0.717) is 12.1 Å². The van der Waals surface area contributed by atoms with E-state index in [1.165, 1.54) is 18.2 Å². The number of rotatable bonds is 5. The lowest BCUT2D eigenvalue weighted by molar-refractivity contribution is 0.173. The minimum absolute atomic E-state index is 0.133. The smallest absolute Gasteiger partial charge is 0.159 e. The molecule has 1 unspecified atom stereocenters. The van der Waals surface area contributed by atoms with Gasteiger partial charge in [-0.1, -0.05) is 22.0 Å². The van der Waals surface area contributed by atoms with Crippen LogP contribution in [0.15, 0.2) is 40.9 Å². The first-order valence-corrected chi connectivity index (χ1v) is 7.04. The lowest BCUT2D eigenvalue weighted by Crippen LogP contribution is -2.21. The highest BCUT2D eigenvalue weighted by Crippen LogP contribution is 2.19. The van der Waals surface area contributed by atoms with Crippen LogP contribution in [0.4, 0.5) is 13.2 Å². The number of hydrogen-bond donors (Lipinski definition) is 2. The van der Waals surface area contributed by atoms with Gasteiger partial charge in [-0.25, -0.2) is 13.2 Å². The Morgan fingerprint density at radius 1 is 1.05 bits per heavy atom. The Morgan fingerprint density at radius 2 is 1.81 bits per heavy atom.